The summed E-state index contributed by atoms with van der Waals surface area (Å²) < 4.78 is 10.6. The summed E-state index contributed by atoms with van der Waals surface area (Å²) in [5.74, 6) is -0.583. The number of alkyl carbamates (subject to hydrolysis) is 1. The Bertz CT molecular complexity index is 551. The van der Waals surface area contributed by atoms with Crippen molar-refractivity contribution in [1.82, 2.24) is 10.2 Å². The average Bonchev–Trinajstić information content (AvgIpc) is 2.99. The average molecular weight is 400 g/mol. The molecule has 8 heteroatoms. The smallest absolute Gasteiger partial charge is 0.407 e. The van der Waals surface area contributed by atoms with Gasteiger partial charge in [0.1, 0.15) is 17.2 Å². The normalized spacial score (nSPS) is 18.5. The third-order valence-corrected chi connectivity index (χ3v) is 4.14. The second kappa shape index (κ2) is 10.1. The number of amides is 2. The van der Waals surface area contributed by atoms with Crippen molar-refractivity contribution in [3.05, 3.63) is 0 Å². The van der Waals surface area contributed by atoms with Crippen LogP contribution >= 0.6 is 0 Å². The lowest BCUT2D eigenvalue weighted by molar-refractivity contribution is -0.163. The first-order valence-corrected chi connectivity index (χ1v) is 10.1. The van der Waals surface area contributed by atoms with E-state index in [2.05, 4.69) is 5.32 Å². The molecule has 0 unspecified atom stereocenters. The van der Waals surface area contributed by atoms with E-state index in [1.807, 2.05) is 20.8 Å². The summed E-state index contributed by atoms with van der Waals surface area (Å²) >= 11 is 0. The third-order valence-electron chi connectivity index (χ3n) is 4.14. The van der Waals surface area contributed by atoms with E-state index < -0.39 is 29.4 Å². The maximum atomic E-state index is 12.7. The summed E-state index contributed by atoms with van der Waals surface area (Å²) in [6.07, 6.45) is 2.79. The van der Waals surface area contributed by atoms with Gasteiger partial charge in [0.15, 0.2) is 0 Å². The molecule has 0 aromatic rings. The number of carbonyl (C=O) groups excluding carboxylic acids is 3. The molecule has 0 spiro atoms. The Kier molecular flexibility index (Phi) is 8.73. The summed E-state index contributed by atoms with van der Waals surface area (Å²) in [7, 11) is 0. The molecule has 162 valence electrons. The first kappa shape index (κ1) is 24.2. The highest BCUT2D eigenvalue weighted by Gasteiger charge is 2.38. The number of likely N-dealkylation sites (tertiary alicyclic amines) is 1. The van der Waals surface area contributed by atoms with Gasteiger partial charge >= 0.3 is 12.1 Å². The van der Waals surface area contributed by atoms with E-state index in [9.17, 15) is 14.4 Å². The molecule has 1 heterocycles. The van der Waals surface area contributed by atoms with Crippen LogP contribution in [0.3, 0.4) is 0 Å². The van der Waals surface area contributed by atoms with Crippen LogP contribution in [-0.2, 0) is 19.1 Å². The minimum Gasteiger partial charge on any atom is -0.458 e. The minimum atomic E-state index is -0.662. The molecule has 2 atom stereocenters. The first-order valence-electron chi connectivity index (χ1n) is 10.1. The summed E-state index contributed by atoms with van der Waals surface area (Å²) in [5, 5.41) is 2.68. The van der Waals surface area contributed by atoms with Crippen molar-refractivity contribution in [2.75, 3.05) is 13.1 Å². The van der Waals surface area contributed by atoms with Crippen LogP contribution in [0, 0.1) is 0 Å². The number of hydrogen-bond donors (Lipinski definition) is 2. The van der Waals surface area contributed by atoms with Crippen molar-refractivity contribution in [1.29, 1.82) is 0 Å². The number of nitrogens with one attached hydrogen (secondary N) is 1. The lowest BCUT2D eigenvalue weighted by Gasteiger charge is -2.29. The number of nitrogens with zero attached hydrogens (tertiary/aromatic N) is 1. The fraction of sp³-hybridized carbons (Fsp3) is 0.850. The van der Waals surface area contributed by atoms with E-state index in [1.54, 1.807) is 25.7 Å². The first-order chi connectivity index (χ1) is 12.8. The van der Waals surface area contributed by atoms with E-state index >= 15 is 0 Å². The van der Waals surface area contributed by atoms with Gasteiger partial charge in [0, 0.05) is 13.1 Å². The molecule has 1 saturated heterocycles. The van der Waals surface area contributed by atoms with Crippen LogP contribution in [0.5, 0.6) is 0 Å². The SMILES string of the molecule is CC(C)(C)OC(=O)NCCCC[C@H](N)C(=O)N1CCC[C@H]1C(=O)OC(C)(C)C. The highest BCUT2D eigenvalue weighted by molar-refractivity contribution is 5.88. The largest absolute Gasteiger partial charge is 0.458 e. The molecule has 0 aromatic heterocycles. The number of rotatable bonds is 7. The van der Waals surface area contributed by atoms with Crippen LogP contribution in [-0.4, -0.2) is 59.2 Å². The number of hydrogen-bond acceptors (Lipinski definition) is 6. The van der Waals surface area contributed by atoms with Gasteiger partial charge in [-0.3, -0.25) is 4.79 Å². The number of unbranched alkanes of at least 4 members (excludes halogenated alkanes) is 1. The fourth-order valence-electron chi connectivity index (χ4n) is 2.98. The molecule has 0 aromatic carbocycles. The Labute approximate surface area is 168 Å². The van der Waals surface area contributed by atoms with Crippen LogP contribution in [0.25, 0.3) is 0 Å². The Morgan fingerprint density at radius 3 is 2.25 bits per heavy atom. The third kappa shape index (κ3) is 8.91. The Hall–Kier alpha value is -1.83. The Balaban J connectivity index is 2.37. The summed E-state index contributed by atoms with van der Waals surface area (Å²) in [5.41, 5.74) is 4.94. The lowest BCUT2D eigenvalue weighted by atomic mass is 10.1. The molecule has 28 heavy (non-hydrogen) atoms. The van der Waals surface area contributed by atoms with Crippen molar-refractivity contribution >= 4 is 18.0 Å². The van der Waals surface area contributed by atoms with Crippen molar-refractivity contribution in [2.24, 2.45) is 5.73 Å². The molecule has 0 saturated carbocycles. The molecule has 2 amide bonds. The molecule has 8 nitrogen and oxygen atoms in total. The van der Waals surface area contributed by atoms with Crippen LogP contribution in [0.15, 0.2) is 0 Å². The molecule has 0 aliphatic carbocycles. The molecule has 3 N–H and O–H groups in total. The van der Waals surface area contributed by atoms with E-state index in [1.165, 1.54) is 0 Å². The van der Waals surface area contributed by atoms with Gasteiger partial charge < -0.3 is 25.4 Å². The van der Waals surface area contributed by atoms with Gasteiger partial charge in [-0.2, -0.15) is 0 Å². The second-order valence-electron chi connectivity index (χ2n) is 9.25. The van der Waals surface area contributed by atoms with Crippen LogP contribution in [0.2, 0.25) is 0 Å². The van der Waals surface area contributed by atoms with E-state index in [0.717, 1.165) is 6.42 Å². The van der Waals surface area contributed by atoms with Crippen LogP contribution < -0.4 is 11.1 Å². The standard InChI is InChI=1S/C20H37N3O5/c1-19(2,3)27-17(25)15-11-9-13-23(15)16(24)14(21)10-7-8-12-22-18(26)28-20(4,5)6/h14-15H,7-13,21H2,1-6H3,(H,22,26)/t14-,15-/m0/s1. The summed E-state index contributed by atoms with van der Waals surface area (Å²) in [6.45, 7) is 11.8. The number of carbonyl (C=O) groups is 3. The van der Waals surface area contributed by atoms with Crippen LogP contribution in [0.1, 0.15) is 73.6 Å². The fourth-order valence-corrected chi connectivity index (χ4v) is 2.98. The van der Waals surface area contributed by atoms with Crippen molar-refractivity contribution < 1.29 is 23.9 Å². The zero-order valence-corrected chi connectivity index (χ0v) is 18.2. The van der Waals surface area contributed by atoms with Crippen molar-refractivity contribution in [2.45, 2.75) is 96.9 Å². The Morgan fingerprint density at radius 2 is 1.68 bits per heavy atom. The zero-order chi connectivity index (χ0) is 21.5. The maximum Gasteiger partial charge on any atom is 0.407 e. The van der Waals surface area contributed by atoms with Gasteiger partial charge in [0.25, 0.3) is 0 Å². The highest BCUT2D eigenvalue weighted by atomic mass is 16.6. The molecule has 1 aliphatic heterocycles. The number of ether oxygens (including phenoxy) is 2. The Morgan fingerprint density at radius 1 is 1.07 bits per heavy atom. The van der Waals surface area contributed by atoms with E-state index in [-0.39, 0.29) is 11.9 Å². The second-order valence-corrected chi connectivity index (χ2v) is 9.25. The zero-order valence-electron chi connectivity index (χ0n) is 18.2. The monoisotopic (exact) mass is 399 g/mol. The van der Waals surface area contributed by atoms with E-state index in [0.29, 0.717) is 38.8 Å². The molecular formula is C20H37N3O5. The van der Waals surface area contributed by atoms with Crippen molar-refractivity contribution in [3.8, 4) is 0 Å². The molecule has 1 aliphatic rings. The number of esters is 1. The van der Waals surface area contributed by atoms with Gasteiger partial charge in [-0.15, -0.1) is 0 Å². The topological polar surface area (TPSA) is 111 Å². The lowest BCUT2D eigenvalue weighted by Crippen LogP contribution is -2.49. The predicted octanol–water partition coefficient (Wildman–Crippen LogP) is 2.34. The number of nitrogens with two attached hydrogens (primary N) is 1. The molecule has 0 bridgehead atoms. The van der Waals surface area contributed by atoms with Gasteiger partial charge in [-0.25, -0.2) is 9.59 Å². The highest BCUT2D eigenvalue weighted by Crippen LogP contribution is 2.22. The van der Waals surface area contributed by atoms with Gasteiger partial charge in [0.05, 0.1) is 6.04 Å². The molecule has 1 fully saturated rings. The summed E-state index contributed by atoms with van der Waals surface area (Å²) in [6, 6.07) is -1.21. The minimum absolute atomic E-state index is 0.214. The van der Waals surface area contributed by atoms with E-state index in [4.69, 9.17) is 15.2 Å². The molecule has 0 radical (unpaired) electrons. The maximum absolute atomic E-state index is 12.7. The van der Waals surface area contributed by atoms with Gasteiger partial charge in [0.2, 0.25) is 5.91 Å². The van der Waals surface area contributed by atoms with Gasteiger partial charge in [-0.1, -0.05) is 0 Å². The van der Waals surface area contributed by atoms with Gasteiger partial charge in [-0.05, 0) is 73.6 Å². The quantitative estimate of drug-likeness (QED) is 0.502. The summed E-state index contributed by atoms with van der Waals surface area (Å²) in [4.78, 5) is 38.1. The molecular weight excluding hydrogens is 362 g/mol. The van der Waals surface area contributed by atoms with Crippen molar-refractivity contribution in [3.63, 3.8) is 0 Å². The molecule has 1 rings (SSSR count). The van der Waals surface area contributed by atoms with Crippen LogP contribution in [0.4, 0.5) is 4.79 Å². The predicted molar refractivity (Wildman–Crippen MR) is 107 cm³/mol.